The second-order valence-electron chi connectivity index (χ2n) is 7.19. The number of sulfone groups is 1. The predicted molar refractivity (Wildman–Crippen MR) is 118 cm³/mol. The van der Waals surface area contributed by atoms with E-state index >= 15 is 0 Å². The molecule has 1 aliphatic heterocycles. The molecule has 0 aliphatic carbocycles. The van der Waals surface area contributed by atoms with Crippen LogP contribution in [0.1, 0.15) is 12.8 Å². The molecule has 1 fully saturated rings. The predicted octanol–water partition coefficient (Wildman–Crippen LogP) is 4.11. The maximum Gasteiger partial charge on any atom is 0.181 e. The number of hydrogen-bond donors (Lipinski definition) is 2. The van der Waals surface area contributed by atoms with Crippen molar-refractivity contribution in [3.05, 3.63) is 54.2 Å². The first-order valence-corrected chi connectivity index (χ1v) is 12.0. The lowest BCUT2D eigenvalue weighted by atomic mass is 10.1. The Bertz CT molecular complexity index is 1290. The van der Waals surface area contributed by atoms with Crippen molar-refractivity contribution in [2.45, 2.75) is 23.0 Å². The molecule has 0 bridgehead atoms. The molecule has 4 aromatic rings. The number of pyridine rings is 1. The van der Waals surface area contributed by atoms with E-state index in [2.05, 4.69) is 20.6 Å². The van der Waals surface area contributed by atoms with Crippen LogP contribution in [0, 0.1) is 0 Å². The van der Waals surface area contributed by atoms with Gasteiger partial charge < -0.3 is 10.6 Å². The van der Waals surface area contributed by atoms with E-state index in [1.165, 1.54) is 0 Å². The Balaban J connectivity index is 1.54. The Morgan fingerprint density at radius 2 is 1.86 bits per heavy atom. The molecule has 0 amide bonds. The van der Waals surface area contributed by atoms with Crippen LogP contribution in [0.2, 0.25) is 0 Å². The summed E-state index contributed by atoms with van der Waals surface area (Å²) in [6.07, 6.45) is 3.02. The van der Waals surface area contributed by atoms with E-state index in [0.29, 0.717) is 17.7 Å². The second kappa shape index (κ2) is 7.37. The highest BCUT2D eigenvalue weighted by atomic mass is 32.2. The minimum atomic E-state index is -3.37. The minimum absolute atomic E-state index is 0.332. The zero-order chi connectivity index (χ0) is 19.8. The molecule has 0 unspecified atom stereocenters. The van der Waals surface area contributed by atoms with Crippen molar-refractivity contribution < 1.29 is 8.42 Å². The third-order valence-electron chi connectivity index (χ3n) is 5.38. The molecule has 0 radical (unpaired) electrons. The third-order valence-corrected chi connectivity index (χ3v) is 8.45. The molecule has 148 valence electrons. The number of aromatic nitrogens is 2. The molecule has 6 nitrogen and oxygen atoms in total. The number of benzene rings is 2. The monoisotopic (exact) mass is 424 g/mol. The van der Waals surface area contributed by atoms with Crippen molar-refractivity contribution in [3.63, 3.8) is 0 Å². The van der Waals surface area contributed by atoms with Gasteiger partial charge in [-0.3, -0.25) is 4.98 Å². The van der Waals surface area contributed by atoms with Crippen LogP contribution in [-0.4, -0.2) is 36.7 Å². The van der Waals surface area contributed by atoms with Gasteiger partial charge in [0, 0.05) is 23.0 Å². The van der Waals surface area contributed by atoms with Crippen LogP contribution in [0.3, 0.4) is 0 Å². The summed E-state index contributed by atoms with van der Waals surface area (Å²) in [4.78, 5) is 9.13. The van der Waals surface area contributed by atoms with Crippen molar-refractivity contribution >= 4 is 53.7 Å². The fourth-order valence-electron chi connectivity index (χ4n) is 3.80. The first-order valence-electron chi connectivity index (χ1n) is 9.55. The van der Waals surface area contributed by atoms with E-state index in [4.69, 9.17) is 0 Å². The van der Waals surface area contributed by atoms with E-state index in [-0.39, 0.29) is 5.25 Å². The maximum absolute atomic E-state index is 13.1. The summed E-state index contributed by atoms with van der Waals surface area (Å²) in [5, 5.41) is 7.09. The van der Waals surface area contributed by atoms with E-state index in [1.54, 1.807) is 35.7 Å². The van der Waals surface area contributed by atoms with Crippen molar-refractivity contribution in [1.29, 1.82) is 0 Å². The smallest absolute Gasteiger partial charge is 0.181 e. The van der Waals surface area contributed by atoms with Crippen molar-refractivity contribution in [2.75, 3.05) is 18.4 Å². The fourth-order valence-corrected chi connectivity index (χ4v) is 6.24. The van der Waals surface area contributed by atoms with Crippen LogP contribution >= 0.6 is 11.3 Å². The molecule has 5 rings (SSSR count). The zero-order valence-electron chi connectivity index (χ0n) is 15.6. The standard InChI is InChI=1S/C21H20N4O2S2/c26-29(27,15-5-8-22-9-6-15)16-2-3-18-17(12-16)19(7-10-23-18)25-14-1-4-21-20(11-14)24-13-28-21/h1-4,7,10-13,15,22H,5-6,8-9H2,(H,23,25). The van der Waals surface area contributed by atoms with E-state index in [0.717, 1.165) is 45.6 Å². The van der Waals surface area contributed by atoms with Crippen LogP contribution in [0.5, 0.6) is 0 Å². The first kappa shape index (κ1) is 18.5. The van der Waals surface area contributed by atoms with E-state index in [1.807, 2.05) is 29.8 Å². The molecule has 0 saturated carbocycles. The zero-order valence-corrected chi connectivity index (χ0v) is 17.3. The SMILES string of the molecule is O=S(=O)(c1ccc2nccc(Nc3ccc4scnc4c3)c2c1)C1CCNCC1. The highest BCUT2D eigenvalue weighted by Gasteiger charge is 2.29. The van der Waals surface area contributed by atoms with Gasteiger partial charge in [0.15, 0.2) is 9.84 Å². The summed E-state index contributed by atoms with van der Waals surface area (Å²) in [7, 11) is -3.37. The largest absolute Gasteiger partial charge is 0.355 e. The number of thiazole rings is 1. The molecule has 0 atom stereocenters. The summed E-state index contributed by atoms with van der Waals surface area (Å²) in [5.41, 5.74) is 5.25. The summed E-state index contributed by atoms with van der Waals surface area (Å²) >= 11 is 1.60. The van der Waals surface area contributed by atoms with Gasteiger partial charge in [0.05, 0.1) is 31.4 Å². The lowest BCUT2D eigenvalue weighted by Gasteiger charge is -2.23. The number of fused-ring (bicyclic) bond motifs is 2. The number of piperidine rings is 1. The fraction of sp³-hybridized carbons (Fsp3) is 0.238. The molecule has 8 heteroatoms. The third kappa shape index (κ3) is 3.48. The van der Waals surface area contributed by atoms with E-state index in [9.17, 15) is 8.42 Å². The quantitative estimate of drug-likeness (QED) is 0.513. The average Bonchev–Trinajstić information content (AvgIpc) is 3.22. The van der Waals surface area contributed by atoms with Gasteiger partial charge >= 0.3 is 0 Å². The Hall–Kier alpha value is -2.55. The Morgan fingerprint density at radius 3 is 2.72 bits per heavy atom. The highest BCUT2D eigenvalue weighted by molar-refractivity contribution is 7.92. The number of anilines is 2. The number of nitrogens with zero attached hydrogens (tertiary/aromatic N) is 2. The Labute approximate surface area is 172 Å². The topological polar surface area (TPSA) is 84.0 Å². The summed E-state index contributed by atoms with van der Waals surface area (Å²) in [5.74, 6) is 0. The van der Waals surface area contributed by atoms with Gasteiger partial charge in [-0.2, -0.15) is 0 Å². The lowest BCUT2D eigenvalue weighted by Crippen LogP contribution is -2.35. The van der Waals surface area contributed by atoms with Crippen LogP contribution in [0.25, 0.3) is 21.1 Å². The number of rotatable bonds is 4. The molecule has 2 aromatic carbocycles. The van der Waals surface area contributed by atoms with E-state index < -0.39 is 9.84 Å². The summed E-state index contributed by atoms with van der Waals surface area (Å²) in [6, 6.07) is 13.1. The van der Waals surface area contributed by atoms with Gasteiger partial charge in [0.1, 0.15) is 0 Å². The highest BCUT2D eigenvalue weighted by Crippen LogP contribution is 2.31. The average molecular weight is 425 g/mol. The van der Waals surface area contributed by atoms with Gasteiger partial charge in [0.2, 0.25) is 0 Å². The van der Waals surface area contributed by atoms with Crippen molar-refractivity contribution in [3.8, 4) is 0 Å². The van der Waals surface area contributed by atoms with Crippen LogP contribution in [0.15, 0.2) is 59.1 Å². The van der Waals surface area contributed by atoms with Gasteiger partial charge in [-0.1, -0.05) is 0 Å². The molecule has 2 N–H and O–H groups in total. The Morgan fingerprint density at radius 1 is 1.00 bits per heavy atom. The number of nitrogens with one attached hydrogen (secondary N) is 2. The molecule has 2 aromatic heterocycles. The first-order chi connectivity index (χ1) is 14.1. The van der Waals surface area contributed by atoms with Crippen molar-refractivity contribution in [1.82, 2.24) is 15.3 Å². The second-order valence-corrected chi connectivity index (χ2v) is 10.3. The minimum Gasteiger partial charge on any atom is -0.355 e. The van der Waals surface area contributed by atoms with Gasteiger partial charge in [-0.25, -0.2) is 13.4 Å². The lowest BCUT2D eigenvalue weighted by molar-refractivity contribution is 0.496. The van der Waals surface area contributed by atoms with Gasteiger partial charge in [-0.05, 0) is 68.4 Å². The molecule has 3 heterocycles. The molecular formula is C21H20N4O2S2. The maximum atomic E-state index is 13.1. The summed E-state index contributed by atoms with van der Waals surface area (Å²) < 4.78 is 27.4. The normalized spacial score (nSPS) is 15.7. The Kier molecular flexibility index (Phi) is 4.69. The van der Waals surface area contributed by atoms with Crippen LogP contribution < -0.4 is 10.6 Å². The molecule has 0 spiro atoms. The van der Waals surface area contributed by atoms with Gasteiger partial charge in [0.25, 0.3) is 0 Å². The number of hydrogen-bond acceptors (Lipinski definition) is 7. The van der Waals surface area contributed by atoms with Gasteiger partial charge in [-0.15, -0.1) is 11.3 Å². The molecular weight excluding hydrogens is 404 g/mol. The van der Waals surface area contributed by atoms with Crippen LogP contribution in [-0.2, 0) is 9.84 Å². The molecule has 1 aliphatic rings. The summed E-state index contributed by atoms with van der Waals surface area (Å²) in [6.45, 7) is 1.48. The molecule has 29 heavy (non-hydrogen) atoms. The molecule has 1 saturated heterocycles. The van der Waals surface area contributed by atoms with Crippen LogP contribution in [0.4, 0.5) is 11.4 Å². The van der Waals surface area contributed by atoms with Crippen molar-refractivity contribution in [2.24, 2.45) is 0 Å².